The van der Waals surface area contributed by atoms with Gasteiger partial charge >= 0.3 is 0 Å². The zero-order valence-corrected chi connectivity index (χ0v) is 18.2. The van der Waals surface area contributed by atoms with Gasteiger partial charge in [0.2, 0.25) is 0 Å². The standard InChI is InChI=1S/C16H14N2O2.C9H8N2O2/c1-12-9-16-14(10-15(12)18(19)20)7-8-17(16)11-13-5-3-2-4-6-13;1-6-4-8-7(2-3-10-8)5-9(6)11(12)13/h2-10H,11H2,1H3;2-5,10H,1H3. The van der Waals surface area contributed by atoms with Gasteiger partial charge in [-0.3, -0.25) is 20.2 Å². The lowest BCUT2D eigenvalue weighted by molar-refractivity contribution is -0.385. The Hall–Kier alpha value is -4.46. The molecule has 0 atom stereocenters. The van der Waals surface area contributed by atoms with Crippen LogP contribution in [0.2, 0.25) is 0 Å². The third-order valence-electron chi connectivity index (χ3n) is 5.55. The first-order valence-corrected chi connectivity index (χ1v) is 10.3. The molecule has 0 fully saturated rings. The van der Waals surface area contributed by atoms with Crippen molar-refractivity contribution in [1.82, 2.24) is 9.55 Å². The van der Waals surface area contributed by atoms with Crippen LogP contribution in [0.5, 0.6) is 0 Å². The third-order valence-corrected chi connectivity index (χ3v) is 5.55. The van der Waals surface area contributed by atoms with E-state index in [1.54, 1.807) is 38.2 Å². The first-order chi connectivity index (χ1) is 15.8. The molecule has 0 spiro atoms. The molecule has 8 nitrogen and oxygen atoms in total. The minimum absolute atomic E-state index is 0.173. The maximum atomic E-state index is 11.0. The largest absolute Gasteiger partial charge is 0.361 e. The fraction of sp³-hybridized carbons (Fsp3) is 0.120. The topological polar surface area (TPSA) is 107 Å². The summed E-state index contributed by atoms with van der Waals surface area (Å²) in [6.07, 6.45) is 3.74. The van der Waals surface area contributed by atoms with Crippen molar-refractivity contribution < 1.29 is 9.85 Å². The number of nitro benzene ring substituents is 2. The van der Waals surface area contributed by atoms with Crippen LogP contribution in [0.1, 0.15) is 16.7 Å². The number of rotatable bonds is 4. The van der Waals surface area contributed by atoms with Gasteiger partial charge in [0.15, 0.2) is 0 Å². The highest BCUT2D eigenvalue weighted by Crippen LogP contribution is 2.27. The number of hydrogen-bond acceptors (Lipinski definition) is 4. The van der Waals surface area contributed by atoms with Gasteiger partial charge in [-0.1, -0.05) is 30.3 Å². The van der Waals surface area contributed by atoms with Gasteiger partial charge in [-0.2, -0.15) is 0 Å². The van der Waals surface area contributed by atoms with Crippen LogP contribution in [-0.2, 0) is 6.54 Å². The maximum Gasteiger partial charge on any atom is 0.273 e. The average Bonchev–Trinajstić information content (AvgIpc) is 3.40. The van der Waals surface area contributed by atoms with E-state index in [1.807, 2.05) is 42.6 Å². The number of nitro groups is 2. The number of aromatic nitrogens is 2. The molecule has 8 heteroatoms. The number of hydrogen-bond donors (Lipinski definition) is 1. The van der Waals surface area contributed by atoms with Gasteiger partial charge in [-0.25, -0.2) is 0 Å². The highest BCUT2D eigenvalue weighted by molar-refractivity contribution is 5.84. The monoisotopic (exact) mass is 442 g/mol. The predicted octanol–water partition coefficient (Wildman–Crippen LogP) is 6.29. The van der Waals surface area contributed by atoms with Crippen molar-refractivity contribution in [3.63, 3.8) is 0 Å². The van der Waals surface area contributed by atoms with Gasteiger partial charge in [0.25, 0.3) is 11.4 Å². The Kier molecular flexibility index (Phi) is 5.91. The number of fused-ring (bicyclic) bond motifs is 2. The molecule has 0 unspecified atom stereocenters. The van der Waals surface area contributed by atoms with Gasteiger partial charge in [-0.05, 0) is 43.7 Å². The van der Waals surface area contributed by atoms with E-state index in [0.717, 1.165) is 28.4 Å². The quantitative estimate of drug-likeness (QED) is 0.261. The molecule has 0 bridgehead atoms. The number of benzene rings is 3. The second-order valence-corrected chi connectivity index (χ2v) is 7.84. The van der Waals surface area contributed by atoms with Crippen LogP contribution in [0, 0.1) is 34.1 Å². The molecule has 2 aromatic heterocycles. The number of aryl methyl sites for hydroxylation is 2. The van der Waals surface area contributed by atoms with Gasteiger partial charge in [0.1, 0.15) is 0 Å². The molecule has 1 N–H and O–H groups in total. The second-order valence-electron chi connectivity index (χ2n) is 7.84. The van der Waals surface area contributed by atoms with Crippen molar-refractivity contribution in [3.8, 4) is 0 Å². The number of aromatic amines is 1. The molecule has 0 aliphatic carbocycles. The minimum atomic E-state index is -0.359. The van der Waals surface area contributed by atoms with E-state index in [4.69, 9.17) is 0 Å². The molecular formula is C25H22N4O4. The Balaban J connectivity index is 0.000000172. The molecule has 0 saturated carbocycles. The third kappa shape index (κ3) is 4.59. The number of nitrogens with zero attached hydrogens (tertiary/aromatic N) is 3. The van der Waals surface area contributed by atoms with Crippen molar-refractivity contribution in [2.45, 2.75) is 20.4 Å². The van der Waals surface area contributed by atoms with E-state index in [9.17, 15) is 20.2 Å². The molecule has 0 radical (unpaired) electrons. The molecule has 33 heavy (non-hydrogen) atoms. The molecule has 2 heterocycles. The first-order valence-electron chi connectivity index (χ1n) is 10.3. The van der Waals surface area contributed by atoms with Crippen LogP contribution in [0.3, 0.4) is 0 Å². The second kappa shape index (κ2) is 8.96. The van der Waals surface area contributed by atoms with Gasteiger partial charge in [0.05, 0.1) is 9.85 Å². The zero-order valence-electron chi connectivity index (χ0n) is 18.2. The van der Waals surface area contributed by atoms with Crippen LogP contribution in [0.25, 0.3) is 21.8 Å². The molecule has 0 aliphatic rings. The van der Waals surface area contributed by atoms with Crippen molar-refractivity contribution in [1.29, 1.82) is 0 Å². The molecule has 166 valence electrons. The average molecular weight is 442 g/mol. The summed E-state index contributed by atoms with van der Waals surface area (Å²) in [5.41, 5.74) is 4.89. The summed E-state index contributed by atoms with van der Waals surface area (Å²) in [5.74, 6) is 0. The van der Waals surface area contributed by atoms with E-state index in [1.165, 1.54) is 5.56 Å². The van der Waals surface area contributed by atoms with E-state index in [2.05, 4.69) is 21.7 Å². The minimum Gasteiger partial charge on any atom is -0.361 e. The maximum absolute atomic E-state index is 11.0. The summed E-state index contributed by atoms with van der Waals surface area (Å²) in [4.78, 5) is 23.9. The fourth-order valence-electron chi connectivity index (χ4n) is 3.84. The molecule has 5 rings (SSSR count). The van der Waals surface area contributed by atoms with Crippen molar-refractivity contribution in [3.05, 3.63) is 116 Å². The van der Waals surface area contributed by atoms with Gasteiger partial charge in [0, 0.05) is 64.0 Å². The summed E-state index contributed by atoms with van der Waals surface area (Å²) >= 11 is 0. The molecule has 3 aromatic carbocycles. The van der Waals surface area contributed by atoms with Gasteiger partial charge < -0.3 is 9.55 Å². The SMILES string of the molecule is Cc1cc2[nH]ccc2cc1[N+](=O)[O-].Cc1cc2c(ccn2Cc2ccccc2)cc1[N+](=O)[O-]. The van der Waals surface area contributed by atoms with Crippen LogP contribution in [0.15, 0.2) is 79.1 Å². The van der Waals surface area contributed by atoms with Crippen LogP contribution >= 0.6 is 0 Å². The smallest absolute Gasteiger partial charge is 0.273 e. The Morgan fingerprint density at radius 2 is 1.45 bits per heavy atom. The number of H-pyrrole nitrogens is 1. The first kappa shape index (κ1) is 21.8. The summed E-state index contributed by atoms with van der Waals surface area (Å²) in [5, 5.41) is 23.3. The lowest BCUT2D eigenvalue weighted by Crippen LogP contribution is -1.98. The molecule has 0 saturated heterocycles. The predicted molar refractivity (Wildman–Crippen MR) is 129 cm³/mol. The van der Waals surface area contributed by atoms with E-state index in [0.29, 0.717) is 11.1 Å². The molecular weight excluding hydrogens is 420 g/mol. The van der Waals surface area contributed by atoms with Crippen molar-refractivity contribution in [2.24, 2.45) is 0 Å². The Labute approximate surface area is 189 Å². The number of nitrogens with one attached hydrogen (secondary N) is 1. The summed E-state index contributed by atoms with van der Waals surface area (Å²) in [6, 6.07) is 20.8. The van der Waals surface area contributed by atoms with Crippen LogP contribution in [0.4, 0.5) is 11.4 Å². The van der Waals surface area contributed by atoms with Gasteiger partial charge in [-0.15, -0.1) is 0 Å². The Bertz CT molecular complexity index is 1470. The van der Waals surface area contributed by atoms with Crippen molar-refractivity contribution >= 4 is 33.2 Å². The Morgan fingerprint density at radius 3 is 2.12 bits per heavy atom. The van der Waals surface area contributed by atoms with E-state index in [-0.39, 0.29) is 21.2 Å². The highest BCUT2D eigenvalue weighted by Gasteiger charge is 2.14. The van der Waals surface area contributed by atoms with E-state index >= 15 is 0 Å². The summed E-state index contributed by atoms with van der Waals surface area (Å²) in [6.45, 7) is 4.28. The lowest BCUT2D eigenvalue weighted by Gasteiger charge is -2.06. The molecule has 0 aliphatic heterocycles. The van der Waals surface area contributed by atoms with E-state index < -0.39 is 0 Å². The Morgan fingerprint density at radius 1 is 0.818 bits per heavy atom. The highest BCUT2D eigenvalue weighted by atomic mass is 16.6. The normalized spacial score (nSPS) is 10.7. The lowest BCUT2D eigenvalue weighted by atomic mass is 10.1. The van der Waals surface area contributed by atoms with Crippen LogP contribution < -0.4 is 0 Å². The summed E-state index contributed by atoms with van der Waals surface area (Å²) in [7, 11) is 0. The van der Waals surface area contributed by atoms with Crippen molar-refractivity contribution in [2.75, 3.05) is 0 Å². The molecule has 0 amide bonds. The van der Waals surface area contributed by atoms with Crippen LogP contribution in [-0.4, -0.2) is 19.4 Å². The summed E-state index contributed by atoms with van der Waals surface area (Å²) < 4.78 is 2.11. The zero-order chi connectivity index (χ0) is 23.5. The molecule has 5 aromatic rings. The fourth-order valence-corrected chi connectivity index (χ4v) is 3.84.